The summed E-state index contributed by atoms with van der Waals surface area (Å²) in [5, 5.41) is 0. The molecule has 2 aliphatic rings. The normalized spacial score (nSPS) is 28.7. The van der Waals surface area contributed by atoms with Crippen LogP contribution in [0.1, 0.15) is 31.0 Å². The van der Waals surface area contributed by atoms with Crippen LogP contribution in [-0.2, 0) is 11.2 Å². The van der Waals surface area contributed by atoms with Gasteiger partial charge in [0.15, 0.2) is 0 Å². The Hall–Kier alpha value is -1.27. The Morgan fingerprint density at radius 2 is 1.95 bits per heavy atom. The smallest absolute Gasteiger partial charge is 0.421 e. The van der Waals surface area contributed by atoms with E-state index >= 15 is 0 Å². The highest BCUT2D eigenvalue weighted by atomic mass is 19.4. The predicted molar refractivity (Wildman–Crippen MR) is 66.5 cm³/mol. The first-order valence-electron chi connectivity index (χ1n) is 6.43. The lowest BCUT2D eigenvalue weighted by atomic mass is 9.91. The molecule has 2 atom stereocenters. The number of epoxide rings is 1. The van der Waals surface area contributed by atoms with Gasteiger partial charge in [0.05, 0.1) is 12.6 Å². The Labute approximate surface area is 114 Å². The van der Waals surface area contributed by atoms with Gasteiger partial charge in [-0.25, -0.2) is 0 Å². The van der Waals surface area contributed by atoms with Crippen LogP contribution in [0.5, 0.6) is 5.75 Å². The molecule has 3 nitrogen and oxygen atoms in total. The van der Waals surface area contributed by atoms with Crippen molar-refractivity contribution in [2.24, 2.45) is 5.73 Å². The molecule has 0 aliphatic carbocycles. The van der Waals surface area contributed by atoms with Crippen molar-refractivity contribution in [2.45, 2.75) is 43.7 Å². The second-order valence-electron chi connectivity index (χ2n) is 6.03. The number of halogens is 3. The van der Waals surface area contributed by atoms with Crippen molar-refractivity contribution in [3.05, 3.63) is 29.3 Å². The van der Waals surface area contributed by atoms with E-state index in [1.165, 1.54) is 0 Å². The van der Waals surface area contributed by atoms with Gasteiger partial charge in [0, 0.05) is 12.0 Å². The van der Waals surface area contributed by atoms with Crippen molar-refractivity contribution in [3.63, 3.8) is 0 Å². The predicted octanol–water partition coefficient (Wildman–Crippen LogP) is 2.73. The fraction of sp³-hybridized carbons (Fsp3) is 0.571. The molecule has 0 saturated carbocycles. The van der Waals surface area contributed by atoms with Crippen molar-refractivity contribution in [3.8, 4) is 5.75 Å². The SMILES string of the molecule is CC1(C)Cc2cccc(C(N)C3(C(F)(F)F)CO3)c2O1. The van der Waals surface area contributed by atoms with Gasteiger partial charge in [0.1, 0.15) is 11.4 Å². The summed E-state index contributed by atoms with van der Waals surface area (Å²) in [5.74, 6) is 0.476. The number of nitrogens with two attached hydrogens (primary N) is 1. The van der Waals surface area contributed by atoms with E-state index in [0.29, 0.717) is 17.7 Å². The quantitative estimate of drug-likeness (QED) is 0.851. The summed E-state index contributed by atoms with van der Waals surface area (Å²) in [6.45, 7) is 3.40. The zero-order chi connectivity index (χ0) is 14.8. The average molecular weight is 287 g/mol. The molecule has 0 aromatic heterocycles. The van der Waals surface area contributed by atoms with Gasteiger partial charge in [-0.1, -0.05) is 18.2 Å². The Morgan fingerprint density at radius 1 is 1.30 bits per heavy atom. The number of rotatable bonds is 2. The third-order valence-electron chi connectivity index (χ3n) is 3.89. The van der Waals surface area contributed by atoms with Gasteiger partial charge in [-0.3, -0.25) is 0 Å². The largest absolute Gasteiger partial charge is 0.487 e. The fourth-order valence-electron chi connectivity index (χ4n) is 2.73. The van der Waals surface area contributed by atoms with Crippen LogP contribution in [0.15, 0.2) is 18.2 Å². The van der Waals surface area contributed by atoms with Crippen LogP contribution in [0.25, 0.3) is 0 Å². The summed E-state index contributed by atoms with van der Waals surface area (Å²) in [6, 6.07) is 3.88. The second-order valence-corrected chi connectivity index (χ2v) is 6.03. The minimum atomic E-state index is -4.48. The standard InChI is InChI=1S/C14H16F3NO2/c1-12(2)6-8-4-3-5-9(10(8)20-12)11(18)13(7-19-13)14(15,16)17/h3-5,11H,6-7,18H2,1-2H3. The van der Waals surface area contributed by atoms with Gasteiger partial charge in [0.2, 0.25) is 5.60 Å². The van der Waals surface area contributed by atoms with Crippen molar-refractivity contribution < 1.29 is 22.6 Å². The van der Waals surface area contributed by atoms with Crippen molar-refractivity contribution >= 4 is 0 Å². The van der Waals surface area contributed by atoms with Crippen molar-refractivity contribution in [1.29, 1.82) is 0 Å². The minimum absolute atomic E-state index is 0.364. The van der Waals surface area contributed by atoms with Crippen molar-refractivity contribution in [1.82, 2.24) is 0 Å². The molecule has 110 valence electrons. The molecule has 1 aromatic rings. The average Bonchev–Trinajstić information content (AvgIpc) is 3.05. The summed E-state index contributed by atoms with van der Waals surface area (Å²) in [7, 11) is 0. The van der Waals surface area contributed by atoms with E-state index in [0.717, 1.165) is 5.56 Å². The van der Waals surface area contributed by atoms with E-state index in [-0.39, 0.29) is 0 Å². The first-order chi connectivity index (χ1) is 9.16. The number of alkyl halides is 3. The van der Waals surface area contributed by atoms with Crippen LogP contribution >= 0.6 is 0 Å². The molecule has 2 unspecified atom stereocenters. The van der Waals surface area contributed by atoms with Crippen LogP contribution in [0.3, 0.4) is 0 Å². The van der Waals surface area contributed by atoms with Gasteiger partial charge in [-0.2, -0.15) is 13.2 Å². The van der Waals surface area contributed by atoms with E-state index < -0.39 is 30.0 Å². The molecule has 1 fully saturated rings. The number of hydrogen-bond donors (Lipinski definition) is 1. The first kappa shape index (κ1) is 13.7. The third kappa shape index (κ3) is 1.90. The van der Waals surface area contributed by atoms with Crippen LogP contribution < -0.4 is 10.5 Å². The number of benzene rings is 1. The molecular formula is C14H16F3NO2. The highest BCUT2D eigenvalue weighted by Crippen LogP contribution is 2.53. The van der Waals surface area contributed by atoms with Crippen LogP contribution in [0, 0.1) is 0 Å². The van der Waals surface area contributed by atoms with Gasteiger partial charge < -0.3 is 15.2 Å². The molecule has 20 heavy (non-hydrogen) atoms. The van der Waals surface area contributed by atoms with E-state index in [9.17, 15) is 13.2 Å². The van der Waals surface area contributed by atoms with E-state index in [4.69, 9.17) is 10.5 Å². The topological polar surface area (TPSA) is 47.8 Å². The highest BCUT2D eigenvalue weighted by Gasteiger charge is 2.70. The maximum atomic E-state index is 13.1. The monoisotopic (exact) mass is 287 g/mol. The Kier molecular flexibility index (Phi) is 2.66. The molecule has 0 bridgehead atoms. The lowest BCUT2D eigenvalue weighted by molar-refractivity contribution is -0.190. The number of hydrogen-bond acceptors (Lipinski definition) is 3. The van der Waals surface area contributed by atoms with E-state index in [2.05, 4.69) is 4.74 Å². The van der Waals surface area contributed by atoms with Crippen LogP contribution in [0.4, 0.5) is 13.2 Å². The molecule has 1 aromatic carbocycles. The van der Waals surface area contributed by atoms with Gasteiger partial charge >= 0.3 is 6.18 Å². The molecule has 2 aliphatic heterocycles. The van der Waals surface area contributed by atoms with Crippen molar-refractivity contribution in [2.75, 3.05) is 6.61 Å². The summed E-state index contributed by atoms with van der Waals surface area (Å²) >= 11 is 0. The lowest BCUT2D eigenvalue weighted by Crippen LogP contribution is -2.43. The molecule has 0 spiro atoms. The van der Waals surface area contributed by atoms with Gasteiger partial charge in [-0.15, -0.1) is 0 Å². The van der Waals surface area contributed by atoms with Gasteiger partial charge in [-0.05, 0) is 19.4 Å². The molecule has 3 rings (SSSR count). The maximum absolute atomic E-state index is 13.1. The third-order valence-corrected chi connectivity index (χ3v) is 3.89. The molecule has 0 radical (unpaired) electrons. The summed E-state index contributed by atoms with van der Waals surface area (Å²) < 4.78 is 49.7. The number of fused-ring (bicyclic) bond motifs is 1. The lowest BCUT2D eigenvalue weighted by Gasteiger charge is -2.25. The number of para-hydroxylation sites is 1. The van der Waals surface area contributed by atoms with Crippen LogP contribution in [-0.4, -0.2) is 24.0 Å². The Morgan fingerprint density at radius 3 is 2.50 bits per heavy atom. The number of ether oxygens (including phenoxy) is 2. The molecule has 6 heteroatoms. The van der Waals surface area contributed by atoms with E-state index in [1.54, 1.807) is 12.1 Å². The zero-order valence-corrected chi connectivity index (χ0v) is 11.3. The van der Waals surface area contributed by atoms with Crippen LogP contribution in [0.2, 0.25) is 0 Å². The van der Waals surface area contributed by atoms with Gasteiger partial charge in [0.25, 0.3) is 0 Å². The fourth-order valence-corrected chi connectivity index (χ4v) is 2.73. The van der Waals surface area contributed by atoms with E-state index in [1.807, 2.05) is 19.9 Å². The summed E-state index contributed by atoms with van der Waals surface area (Å²) in [4.78, 5) is 0. The zero-order valence-electron chi connectivity index (χ0n) is 11.3. The Balaban J connectivity index is 2.00. The Bertz CT molecular complexity index is 550. The summed E-state index contributed by atoms with van der Waals surface area (Å²) in [6.07, 6.45) is -3.83. The first-order valence-corrected chi connectivity index (χ1v) is 6.43. The maximum Gasteiger partial charge on any atom is 0.421 e. The molecular weight excluding hydrogens is 271 g/mol. The molecule has 0 amide bonds. The molecule has 1 saturated heterocycles. The molecule has 2 N–H and O–H groups in total. The minimum Gasteiger partial charge on any atom is -0.487 e. The highest BCUT2D eigenvalue weighted by molar-refractivity contribution is 5.48. The molecule has 2 heterocycles. The summed E-state index contributed by atoms with van der Waals surface area (Å²) in [5.41, 5.74) is 4.42. The second kappa shape index (κ2) is 3.89.